The van der Waals surface area contributed by atoms with E-state index < -0.39 is 0 Å². The van der Waals surface area contributed by atoms with Crippen molar-refractivity contribution in [2.75, 3.05) is 38.5 Å². The van der Waals surface area contributed by atoms with Crippen LogP contribution >= 0.6 is 0 Å². The molecule has 0 unspecified atom stereocenters. The number of hydrogen-bond donors (Lipinski definition) is 1. The minimum Gasteiger partial charge on any atom is -0.399 e. The maximum atomic E-state index is 13.2. The number of hydrogen-bond acceptors (Lipinski definition) is 4. The molecule has 2 N–H and O–H groups in total. The Morgan fingerprint density at radius 2 is 1.48 bits per heavy atom. The summed E-state index contributed by atoms with van der Waals surface area (Å²) in [5, 5.41) is 0. The monoisotopic (exact) mass is 446 g/mol. The summed E-state index contributed by atoms with van der Waals surface area (Å²) in [6, 6.07) is 13.9. The quantitative estimate of drug-likeness (QED) is 0.732. The number of anilines is 1. The van der Waals surface area contributed by atoms with E-state index in [1.165, 1.54) is 37.7 Å². The maximum absolute atomic E-state index is 13.2. The largest absolute Gasteiger partial charge is 0.399 e. The fourth-order valence-electron chi connectivity index (χ4n) is 5.63. The lowest BCUT2D eigenvalue weighted by Gasteiger charge is -2.40. The standard InChI is InChI=1S/C27H34N4O2/c28-24-6-4-5-21(18-24)27(33)31-12-11-20-17-22(9-10-23(20)19-31)26(32)30-15-13-29(14-16-30)25-7-2-1-3-8-25/h4-6,9-10,17-18,25H,1-3,7-8,11-16,19,28H2. The number of rotatable bonds is 3. The van der Waals surface area contributed by atoms with Gasteiger partial charge in [0.05, 0.1) is 0 Å². The molecule has 33 heavy (non-hydrogen) atoms. The van der Waals surface area contributed by atoms with E-state index in [1.54, 1.807) is 12.1 Å². The molecule has 0 atom stereocenters. The highest BCUT2D eigenvalue weighted by molar-refractivity contribution is 5.96. The number of nitrogens with zero attached hydrogens (tertiary/aromatic N) is 3. The maximum Gasteiger partial charge on any atom is 0.254 e. The summed E-state index contributed by atoms with van der Waals surface area (Å²) in [5.41, 5.74) is 10.1. The van der Waals surface area contributed by atoms with Gasteiger partial charge in [-0.3, -0.25) is 14.5 Å². The summed E-state index contributed by atoms with van der Waals surface area (Å²) in [5.74, 6) is 0.142. The van der Waals surface area contributed by atoms with Gasteiger partial charge >= 0.3 is 0 Å². The third kappa shape index (κ3) is 4.76. The van der Waals surface area contributed by atoms with Crippen LogP contribution in [0.25, 0.3) is 0 Å². The van der Waals surface area contributed by atoms with Crippen LogP contribution in [0.4, 0.5) is 5.69 Å². The number of carbonyl (C=O) groups excluding carboxylic acids is 2. The smallest absolute Gasteiger partial charge is 0.254 e. The average Bonchev–Trinajstić information content (AvgIpc) is 2.88. The van der Waals surface area contributed by atoms with Crippen LogP contribution in [0.3, 0.4) is 0 Å². The molecule has 1 saturated carbocycles. The molecule has 0 aromatic heterocycles. The molecule has 2 heterocycles. The predicted octanol–water partition coefficient (Wildman–Crippen LogP) is 3.56. The van der Waals surface area contributed by atoms with Crippen molar-refractivity contribution in [3.05, 3.63) is 64.7 Å². The number of nitrogens with two attached hydrogens (primary N) is 1. The third-order valence-corrected chi connectivity index (χ3v) is 7.58. The van der Waals surface area contributed by atoms with E-state index in [0.29, 0.717) is 24.3 Å². The highest BCUT2D eigenvalue weighted by Gasteiger charge is 2.28. The van der Waals surface area contributed by atoms with Crippen molar-refractivity contribution in [2.45, 2.75) is 51.1 Å². The predicted molar refractivity (Wildman–Crippen MR) is 130 cm³/mol. The molecular weight excluding hydrogens is 412 g/mol. The topological polar surface area (TPSA) is 69.9 Å². The zero-order chi connectivity index (χ0) is 22.8. The molecule has 0 bridgehead atoms. The molecule has 5 rings (SSSR count). The molecule has 0 spiro atoms. The third-order valence-electron chi connectivity index (χ3n) is 7.58. The van der Waals surface area contributed by atoms with Crippen LogP contribution in [0.2, 0.25) is 0 Å². The van der Waals surface area contributed by atoms with Gasteiger partial charge in [-0.15, -0.1) is 0 Å². The van der Waals surface area contributed by atoms with Gasteiger partial charge in [0.15, 0.2) is 0 Å². The summed E-state index contributed by atoms with van der Waals surface area (Å²) < 4.78 is 0. The van der Waals surface area contributed by atoms with Gasteiger partial charge in [-0.25, -0.2) is 0 Å². The summed E-state index contributed by atoms with van der Waals surface area (Å²) in [6.45, 7) is 4.82. The Morgan fingerprint density at radius 3 is 2.24 bits per heavy atom. The van der Waals surface area contributed by atoms with E-state index in [-0.39, 0.29) is 11.8 Å². The molecule has 0 radical (unpaired) electrons. The Kier molecular flexibility index (Phi) is 6.36. The highest BCUT2D eigenvalue weighted by atomic mass is 16.2. The van der Waals surface area contributed by atoms with Crippen LogP contribution in [-0.2, 0) is 13.0 Å². The number of piperazine rings is 1. The van der Waals surface area contributed by atoms with Crippen molar-refractivity contribution in [3.8, 4) is 0 Å². The summed E-state index contributed by atoms with van der Waals surface area (Å²) in [7, 11) is 0. The molecule has 6 nitrogen and oxygen atoms in total. The number of carbonyl (C=O) groups is 2. The van der Waals surface area contributed by atoms with Gasteiger partial charge in [0, 0.05) is 62.1 Å². The van der Waals surface area contributed by atoms with Crippen LogP contribution in [0.15, 0.2) is 42.5 Å². The lowest BCUT2D eigenvalue weighted by atomic mass is 9.93. The molecule has 3 aliphatic rings. The van der Waals surface area contributed by atoms with Crippen LogP contribution in [-0.4, -0.2) is 65.3 Å². The number of nitrogen functional groups attached to an aromatic ring is 1. The van der Waals surface area contributed by atoms with Crippen LogP contribution < -0.4 is 5.73 Å². The Bertz CT molecular complexity index is 1020. The second-order valence-electron chi connectivity index (χ2n) is 9.71. The molecule has 2 aliphatic heterocycles. The molecule has 6 heteroatoms. The van der Waals surface area contributed by atoms with Crippen molar-refractivity contribution in [3.63, 3.8) is 0 Å². The first kappa shape index (κ1) is 22.0. The summed E-state index contributed by atoms with van der Waals surface area (Å²) in [6.07, 6.45) is 7.47. The second-order valence-corrected chi connectivity index (χ2v) is 9.71. The van der Waals surface area contributed by atoms with E-state index in [4.69, 9.17) is 5.73 Å². The van der Waals surface area contributed by atoms with Crippen molar-refractivity contribution in [1.82, 2.24) is 14.7 Å². The van der Waals surface area contributed by atoms with E-state index >= 15 is 0 Å². The van der Waals surface area contributed by atoms with Gasteiger partial charge in [-0.1, -0.05) is 31.4 Å². The van der Waals surface area contributed by atoms with Gasteiger partial charge in [-0.2, -0.15) is 0 Å². The minimum atomic E-state index is 0.00365. The molecular formula is C27H34N4O2. The first-order valence-electron chi connectivity index (χ1n) is 12.4. The van der Waals surface area contributed by atoms with Crippen molar-refractivity contribution in [1.29, 1.82) is 0 Å². The van der Waals surface area contributed by atoms with Crippen molar-refractivity contribution in [2.24, 2.45) is 0 Å². The summed E-state index contributed by atoms with van der Waals surface area (Å²) >= 11 is 0. The Hall–Kier alpha value is -2.86. The highest BCUT2D eigenvalue weighted by Crippen LogP contribution is 2.25. The lowest BCUT2D eigenvalue weighted by Crippen LogP contribution is -2.52. The zero-order valence-corrected chi connectivity index (χ0v) is 19.3. The molecule has 1 saturated heterocycles. The fourth-order valence-corrected chi connectivity index (χ4v) is 5.63. The first-order valence-corrected chi connectivity index (χ1v) is 12.4. The van der Waals surface area contributed by atoms with Gasteiger partial charge < -0.3 is 15.5 Å². The van der Waals surface area contributed by atoms with Gasteiger partial charge in [-0.05, 0) is 60.7 Å². The second kappa shape index (κ2) is 9.56. The Morgan fingerprint density at radius 1 is 0.758 bits per heavy atom. The molecule has 2 aromatic carbocycles. The molecule has 1 aliphatic carbocycles. The molecule has 174 valence electrons. The van der Waals surface area contributed by atoms with E-state index in [2.05, 4.69) is 4.90 Å². The Balaban J connectivity index is 1.21. The first-order chi connectivity index (χ1) is 16.1. The zero-order valence-electron chi connectivity index (χ0n) is 19.3. The number of benzene rings is 2. The van der Waals surface area contributed by atoms with Crippen molar-refractivity contribution >= 4 is 17.5 Å². The lowest BCUT2D eigenvalue weighted by molar-refractivity contribution is 0.0522. The van der Waals surface area contributed by atoms with Crippen LogP contribution in [0.1, 0.15) is 63.9 Å². The summed E-state index contributed by atoms with van der Waals surface area (Å²) in [4.78, 5) is 32.6. The van der Waals surface area contributed by atoms with Crippen LogP contribution in [0.5, 0.6) is 0 Å². The number of amides is 2. The fraction of sp³-hybridized carbons (Fsp3) is 0.481. The SMILES string of the molecule is Nc1cccc(C(=O)N2CCc3cc(C(=O)N4CCN(C5CCCCC5)CC4)ccc3C2)c1. The molecule has 2 aromatic rings. The number of fused-ring (bicyclic) bond motifs is 1. The van der Waals surface area contributed by atoms with Gasteiger partial charge in [0.25, 0.3) is 11.8 Å². The van der Waals surface area contributed by atoms with E-state index in [1.807, 2.05) is 40.1 Å². The van der Waals surface area contributed by atoms with Crippen LogP contribution in [0, 0.1) is 0 Å². The molecule has 2 amide bonds. The average molecular weight is 447 g/mol. The molecule has 2 fully saturated rings. The minimum absolute atomic E-state index is 0.00365. The van der Waals surface area contributed by atoms with Crippen molar-refractivity contribution < 1.29 is 9.59 Å². The Labute approximate surface area is 196 Å². The van der Waals surface area contributed by atoms with E-state index in [9.17, 15) is 9.59 Å². The normalized spacial score (nSPS) is 19.9. The van der Waals surface area contributed by atoms with E-state index in [0.717, 1.165) is 49.8 Å². The van der Waals surface area contributed by atoms with Gasteiger partial charge in [0.2, 0.25) is 0 Å². The van der Waals surface area contributed by atoms with Gasteiger partial charge in [0.1, 0.15) is 0 Å².